The highest BCUT2D eigenvalue weighted by Gasteiger charge is 2.15. The van der Waals surface area contributed by atoms with E-state index in [4.69, 9.17) is 5.11 Å². The van der Waals surface area contributed by atoms with Gasteiger partial charge in [0.2, 0.25) is 0 Å². The summed E-state index contributed by atoms with van der Waals surface area (Å²) in [6.45, 7) is 0. The first-order chi connectivity index (χ1) is 10.5. The zero-order valence-electron chi connectivity index (χ0n) is 11.8. The van der Waals surface area contributed by atoms with Crippen LogP contribution in [0.15, 0.2) is 36.4 Å². The van der Waals surface area contributed by atoms with Crippen molar-refractivity contribution in [3.05, 3.63) is 58.7 Å². The molecule has 0 aromatic heterocycles. The summed E-state index contributed by atoms with van der Waals surface area (Å²) in [6, 6.07) is 9.59. The number of carboxylic acids is 1. The van der Waals surface area contributed by atoms with Crippen molar-refractivity contribution in [1.82, 2.24) is 0 Å². The van der Waals surface area contributed by atoms with Gasteiger partial charge in [-0.25, -0.2) is 4.79 Å². The van der Waals surface area contributed by atoms with Crippen LogP contribution in [0.1, 0.15) is 38.3 Å². The molecule has 2 aromatic rings. The molecule has 5 heteroatoms. The van der Waals surface area contributed by atoms with Crippen LogP contribution in [0.25, 0.3) is 0 Å². The van der Waals surface area contributed by atoms with E-state index < -0.39 is 5.97 Å². The number of rotatable bonds is 3. The molecule has 0 spiro atoms. The third-order valence-corrected chi connectivity index (χ3v) is 3.85. The Morgan fingerprint density at radius 2 is 1.77 bits per heavy atom. The number of carbonyl (C=O) groups is 2. The molecule has 0 heterocycles. The van der Waals surface area contributed by atoms with Crippen molar-refractivity contribution in [3.63, 3.8) is 0 Å². The quantitative estimate of drug-likeness (QED) is 0.760. The van der Waals surface area contributed by atoms with Gasteiger partial charge in [0.15, 0.2) is 0 Å². The number of amides is 1. The molecule has 0 fully saturated rings. The van der Waals surface area contributed by atoms with Crippen LogP contribution in [-0.2, 0) is 12.8 Å². The Morgan fingerprint density at radius 3 is 2.55 bits per heavy atom. The fourth-order valence-corrected chi connectivity index (χ4v) is 2.70. The molecule has 2 aromatic carbocycles. The lowest BCUT2D eigenvalue weighted by Gasteiger charge is -2.08. The van der Waals surface area contributed by atoms with Gasteiger partial charge in [-0.05, 0) is 60.7 Å². The van der Waals surface area contributed by atoms with E-state index in [1.54, 1.807) is 6.07 Å². The summed E-state index contributed by atoms with van der Waals surface area (Å²) < 4.78 is 0. The molecule has 0 bridgehead atoms. The van der Waals surface area contributed by atoms with Crippen molar-refractivity contribution in [2.75, 3.05) is 5.32 Å². The second-order valence-electron chi connectivity index (χ2n) is 5.33. The van der Waals surface area contributed by atoms with Crippen LogP contribution in [-0.4, -0.2) is 22.1 Å². The first-order valence-corrected chi connectivity index (χ1v) is 7.04. The molecule has 3 N–H and O–H groups in total. The normalized spacial score (nSPS) is 12.7. The van der Waals surface area contributed by atoms with Gasteiger partial charge in [-0.15, -0.1) is 0 Å². The Bertz CT molecular complexity index is 767. The number of carbonyl (C=O) groups excluding carboxylic acids is 1. The number of hydrogen-bond acceptors (Lipinski definition) is 3. The predicted molar refractivity (Wildman–Crippen MR) is 81.5 cm³/mol. The minimum Gasteiger partial charge on any atom is -0.507 e. The molecule has 5 nitrogen and oxygen atoms in total. The summed E-state index contributed by atoms with van der Waals surface area (Å²) in [5.74, 6) is -1.87. The molecule has 0 atom stereocenters. The average molecular weight is 297 g/mol. The number of aromatic hydroxyl groups is 1. The van der Waals surface area contributed by atoms with E-state index in [-0.39, 0.29) is 17.2 Å². The molecular formula is C17H15NO4. The van der Waals surface area contributed by atoms with Crippen LogP contribution in [0.4, 0.5) is 5.69 Å². The maximum Gasteiger partial charge on any atom is 0.339 e. The largest absolute Gasteiger partial charge is 0.507 e. The number of fused-ring (bicyclic) bond motifs is 1. The van der Waals surface area contributed by atoms with E-state index in [0.717, 1.165) is 19.3 Å². The number of phenols is 1. The lowest BCUT2D eigenvalue weighted by molar-refractivity contribution is 0.0693. The van der Waals surface area contributed by atoms with Gasteiger partial charge in [0.05, 0.1) is 0 Å². The molecule has 3 rings (SSSR count). The minimum absolute atomic E-state index is 0.244. The van der Waals surface area contributed by atoms with E-state index in [2.05, 4.69) is 5.32 Å². The number of nitrogens with one attached hydrogen (secondary N) is 1. The fraction of sp³-hybridized carbons (Fsp3) is 0.176. The Labute approximate surface area is 127 Å². The second-order valence-corrected chi connectivity index (χ2v) is 5.33. The van der Waals surface area contributed by atoms with Crippen molar-refractivity contribution in [2.45, 2.75) is 19.3 Å². The SMILES string of the molecule is O=C(Nc1ccc(O)c(C(=O)O)c1)c1ccc2c(c1)CCC2. The zero-order chi connectivity index (χ0) is 15.7. The molecule has 112 valence electrons. The highest BCUT2D eigenvalue weighted by molar-refractivity contribution is 6.05. The molecule has 0 saturated carbocycles. The molecule has 0 radical (unpaired) electrons. The van der Waals surface area contributed by atoms with E-state index in [1.165, 1.54) is 29.3 Å². The lowest BCUT2D eigenvalue weighted by atomic mass is 10.1. The number of benzene rings is 2. The topological polar surface area (TPSA) is 86.6 Å². The predicted octanol–water partition coefficient (Wildman–Crippen LogP) is 2.83. The monoisotopic (exact) mass is 297 g/mol. The van der Waals surface area contributed by atoms with Gasteiger partial charge in [0.25, 0.3) is 5.91 Å². The van der Waals surface area contributed by atoms with Crippen molar-refractivity contribution in [1.29, 1.82) is 0 Å². The fourth-order valence-electron chi connectivity index (χ4n) is 2.70. The maximum atomic E-state index is 12.3. The first kappa shape index (κ1) is 14.1. The molecule has 0 saturated heterocycles. The van der Waals surface area contributed by atoms with Gasteiger partial charge in [0.1, 0.15) is 11.3 Å². The molecular weight excluding hydrogens is 282 g/mol. The summed E-state index contributed by atoms with van der Waals surface area (Å²) in [4.78, 5) is 23.2. The third-order valence-electron chi connectivity index (χ3n) is 3.85. The van der Waals surface area contributed by atoms with E-state index in [0.29, 0.717) is 11.3 Å². The summed E-state index contributed by atoms with van der Waals surface area (Å²) in [6.07, 6.45) is 3.15. The van der Waals surface area contributed by atoms with Crippen LogP contribution >= 0.6 is 0 Å². The van der Waals surface area contributed by atoms with Crippen LogP contribution in [0.2, 0.25) is 0 Å². The zero-order valence-corrected chi connectivity index (χ0v) is 11.8. The average Bonchev–Trinajstić information content (AvgIpc) is 2.96. The number of aryl methyl sites for hydroxylation is 2. The maximum absolute atomic E-state index is 12.3. The molecule has 0 aliphatic heterocycles. The van der Waals surface area contributed by atoms with E-state index >= 15 is 0 Å². The van der Waals surface area contributed by atoms with Crippen molar-refractivity contribution >= 4 is 17.6 Å². The van der Waals surface area contributed by atoms with Gasteiger partial charge >= 0.3 is 5.97 Å². The Morgan fingerprint density at radius 1 is 1.00 bits per heavy atom. The third kappa shape index (κ3) is 2.65. The van der Waals surface area contributed by atoms with Crippen molar-refractivity contribution in [3.8, 4) is 5.75 Å². The van der Waals surface area contributed by atoms with Gasteiger partial charge in [-0.2, -0.15) is 0 Å². The molecule has 0 unspecified atom stereocenters. The Balaban J connectivity index is 1.82. The summed E-state index contributed by atoms with van der Waals surface area (Å²) in [5.41, 5.74) is 3.12. The van der Waals surface area contributed by atoms with Crippen LogP contribution in [0.3, 0.4) is 0 Å². The van der Waals surface area contributed by atoms with Crippen LogP contribution in [0.5, 0.6) is 5.75 Å². The molecule has 1 aliphatic rings. The van der Waals surface area contributed by atoms with Gasteiger partial charge < -0.3 is 15.5 Å². The van der Waals surface area contributed by atoms with Crippen molar-refractivity contribution in [2.24, 2.45) is 0 Å². The number of carboxylic acid groups (broad SMARTS) is 1. The first-order valence-electron chi connectivity index (χ1n) is 7.04. The standard InChI is InChI=1S/C17H15NO4/c19-15-7-6-13(9-14(15)17(21)22)18-16(20)12-5-4-10-2-1-3-11(10)8-12/h4-9,19H,1-3H2,(H,18,20)(H,21,22). The number of aromatic carboxylic acids is 1. The highest BCUT2D eigenvalue weighted by Crippen LogP contribution is 2.24. The lowest BCUT2D eigenvalue weighted by Crippen LogP contribution is -2.13. The summed E-state index contributed by atoms with van der Waals surface area (Å²) in [5, 5.41) is 21.1. The number of hydrogen-bond donors (Lipinski definition) is 3. The van der Waals surface area contributed by atoms with Crippen LogP contribution in [0, 0.1) is 0 Å². The number of anilines is 1. The summed E-state index contributed by atoms with van der Waals surface area (Å²) >= 11 is 0. The summed E-state index contributed by atoms with van der Waals surface area (Å²) in [7, 11) is 0. The van der Waals surface area contributed by atoms with E-state index in [9.17, 15) is 14.7 Å². The van der Waals surface area contributed by atoms with Gasteiger partial charge in [-0.1, -0.05) is 6.07 Å². The minimum atomic E-state index is -1.24. The van der Waals surface area contributed by atoms with E-state index in [1.807, 2.05) is 12.1 Å². The molecule has 22 heavy (non-hydrogen) atoms. The van der Waals surface area contributed by atoms with Gasteiger partial charge in [0, 0.05) is 11.3 Å². The smallest absolute Gasteiger partial charge is 0.339 e. The Hall–Kier alpha value is -2.82. The second kappa shape index (κ2) is 5.52. The Kier molecular flexibility index (Phi) is 3.55. The van der Waals surface area contributed by atoms with Crippen molar-refractivity contribution < 1.29 is 19.8 Å². The van der Waals surface area contributed by atoms with Gasteiger partial charge in [-0.3, -0.25) is 4.79 Å². The molecule has 1 amide bonds. The highest BCUT2D eigenvalue weighted by atomic mass is 16.4. The van der Waals surface area contributed by atoms with Crippen LogP contribution < -0.4 is 5.32 Å². The molecule has 1 aliphatic carbocycles.